The highest BCUT2D eigenvalue weighted by Gasteiger charge is 2.14. The zero-order chi connectivity index (χ0) is 13.7. The van der Waals surface area contributed by atoms with Crippen molar-refractivity contribution in [2.75, 3.05) is 7.11 Å². The maximum absolute atomic E-state index is 6.31. The molecule has 0 aromatic heterocycles. The molecule has 0 radical (unpaired) electrons. The van der Waals surface area contributed by atoms with Crippen LogP contribution in [0.3, 0.4) is 0 Å². The summed E-state index contributed by atoms with van der Waals surface area (Å²) in [5.74, 6) is 2.12. The fourth-order valence-electron chi connectivity index (χ4n) is 2.07. The van der Waals surface area contributed by atoms with Crippen LogP contribution in [-0.2, 0) is 0 Å². The predicted octanol–water partition coefficient (Wildman–Crippen LogP) is 4.25. The molecule has 0 amide bonds. The third kappa shape index (κ3) is 4.02. The van der Waals surface area contributed by atoms with Crippen molar-refractivity contribution >= 4 is 0 Å². The summed E-state index contributed by atoms with van der Waals surface area (Å²) in [7, 11) is 1.71. The molecule has 0 unspecified atom stereocenters. The highest BCUT2D eigenvalue weighted by Crippen LogP contribution is 2.30. The molecule has 1 atom stereocenters. The lowest BCUT2D eigenvalue weighted by molar-refractivity contribution is 0.400. The highest BCUT2D eigenvalue weighted by atomic mass is 16.5. The maximum atomic E-state index is 6.31. The summed E-state index contributed by atoms with van der Waals surface area (Å²) in [4.78, 5) is 0. The van der Waals surface area contributed by atoms with Gasteiger partial charge >= 0.3 is 0 Å². The first kappa shape index (κ1) is 15.0. The molecule has 2 nitrogen and oxygen atoms in total. The minimum Gasteiger partial charge on any atom is -0.496 e. The molecule has 18 heavy (non-hydrogen) atoms. The van der Waals surface area contributed by atoms with Crippen LogP contribution in [-0.4, -0.2) is 7.11 Å². The van der Waals surface area contributed by atoms with Gasteiger partial charge in [0.2, 0.25) is 0 Å². The third-order valence-corrected chi connectivity index (χ3v) is 3.37. The van der Waals surface area contributed by atoms with E-state index < -0.39 is 0 Å². The van der Waals surface area contributed by atoms with Crippen LogP contribution in [0.25, 0.3) is 0 Å². The average molecular weight is 249 g/mol. The lowest BCUT2D eigenvalue weighted by atomic mass is 9.93. The van der Waals surface area contributed by atoms with Gasteiger partial charge in [0.1, 0.15) is 5.75 Å². The minimum atomic E-state index is 0.0704. The van der Waals surface area contributed by atoms with Crippen molar-refractivity contribution in [1.29, 1.82) is 0 Å². The summed E-state index contributed by atoms with van der Waals surface area (Å²) in [6.45, 7) is 8.86. The van der Waals surface area contributed by atoms with Crippen molar-refractivity contribution in [3.63, 3.8) is 0 Å². The molecular weight excluding hydrogens is 222 g/mol. The number of methoxy groups -OCH3 is 1. The molecule has 0 saturated carbocycles. The largest absolute Gasteiger partial charge is 0.496 e. The van der Waals surface area contributed by atoms with Crippen molar-refractivity contribution in [3.05, 3.63) is 29.3 Å². The molecule has 0 fully saturated rings. The van der Waals surface area contributed by atoms with E-state index in [0.717, 1.165) is 24.2 Å². The molecule has 1 aromatic carbocycles. The van der Waals surface area contributed by atoms with E-state index in [2.05, 4.69) is 39.8 Å². The second-order valence-corrected chi connectivity index (χ2v) is 5.73. The topological polar surface area (TPSA) is 35.2 Å². The number of rotatable bonds is 6. The molecule has 0 bridgehead atoms. The predicted molar refractivity (Wildman–Crippen MR) is 78.1 cm³/mol. The van der Waals surface area contributed by atoms with Gasteiger partial charge < -0.3 is 10.5 Å². The Hall–Kier alpha value is -1.02. The smallest absolute Gasteiger partial charge is 0.123 e. The Morgan fingerprint density at radius 1 is 1.11 bits per heavy atom. The van der Waals surface area contributed by atoms with Gasteiger partial charge in [0, 0.05) is 11.6 Å². The summed E-state index contributed by atoms with van der Waals surface area (Å²) >= 11 is 0. The van der Waals surface area contributed by atoms with Gasteiger partial charge in [-0.15, -0.1) is 0 Å². The van der Waals surface area contributed by atoms with E-state index in [9.17, 15) is 0 Å². The van der Waals surface area contributed by atoms with Crippen molar-refractivity contribution in [2.45, 2.75) is 52.5 Å². The number of hydrogen-bond acceptors (Lipinski definition) is 2. The van der Waals surface area contributed by atoms with Crippen LogP contribution < -0.4 is 10.5 Å². The average Bonchev–Trinajstić information content (AvgIpc) is 2.34. The SMILES string of the molecule is COc1ccc(C(C)C)cc1[C@H](N)CCC(C)C. The van der Waals surface area contributed by atoms with Crippen LogP contribution in [0.15, 0.2) is 18.2 Å². The lowest BCUT2D eigenvalue weighted by Crippen LogP contribution is -2.13. The Bertz CT molecular complexity index is 371. The molecule has 2 heteroatoms. The minimum absolute atomic E-state index is 0.0704. The van der Waals surface area contributed by atoms with Crippen LogP contribution in [0.1, 0.15) is 63.6 Å². The number of hydrogen-bond donors (Lipinski definition) is 1. The Morgan fingerprint density at radius 2 is 1.78 bits per heavy atom. The monoisotopic (exact) mass is 249 g/mol. The summed E-state index contributed by atoms with van der Waals surface area (Å²) in [5, 5.41) is 0. The van der Waals surface area contributed by atoms with Gasteiger partial charge in [0.15, 0.2) is 0 Å². The van der Waals surface area contributed by atoms with Crippen LogP contribution in [0.5, 0.6) is 5.75 Å². The van der Waals surface area contributed by atoms with Crippen LogP contribution in [0, 0.1) is 5.92 Å². The van der Waals surface area contributed by atoms with Crippen molar-refractivity contribution in [3.8, 4) is 5.75 Å². The first-order chi connectivity index (χ1) is 8.45. The first-order valence-electron chi connectivity index (χ1n) is 6.89. The molecule has 2 N–H and O–H groups in total. The van der Waals surface area contributed by atoms with Crippen LogP contribution >= 0.6 is 0 Å². The van der Waals surface area contributed by atoms with Crippen LogP contribution in [0.2, 0.25) is 0 Å². The van der Waals surface area contributed by atoms with Crippen molar-refractivity contribution in [1.82, 2.24) is 0 Å². The number of ether oxygens (including phenoxy) is 1. The second kappa shape index (κ2) is 6.79. The van der Waals surface area contributed by atoms with Gasteiger partial charge in [-0.3, -0.25) is 0 Å². The van der Waals surface area contributed by atoms with Gasteiger partial charge in [-0.25, -0.2) is 0 Å². The fourth-order valence-corrected chi connectivity index (χ4v) is 2.07. The normalized spacial score (nSPS) is 13.1. The van der Waals surface area contributed by atoms with Gasteiger partial charge in [-0.2, -0.15) is 0 Å². The number of benzene rings is 1. The highest BCUT2D eigenvalue weighted by molar-refractivity contribution is 5.40. The Morgan fingerprint density at radius 3 is 2.28 bits per heavy atom. The summed E-state index contributed by atoms with van der Waals surface area (Å²) in [6, 6.07) is 6.44. The molecule has 0 saturated heterocycles. The van der Waals surface area contributed by atoms with Gasteiger partial charge in [-0.05, 0) is 36.3 Å². The summed E-state index contributed by atoms with van der Waals surface area (Å²) in [6.07, 6.45) is 2.16. The first-order valence-corrected chi connectivity index (χ1v) is 6.89. The molecule has 0 aliphatic heterocycles. The molecule has 0 aliphatic rings. The quantitative estimate of drug-likeness (QED) is 0.817. The molecule has 0 aliphatic carbocycles. The van der Waals surface area contributed by atoms with Crippen LogP contribution in [0.4, 0.5) is 0 Å². The number of nitrogens with two attached hydrogens (primary N) is 1. The van der Waals surface area contributed by atoms with Crippen molar-refractivity contribution in [2.24, 2.45) is 11.7 Å². The van der Waals surface area contributed by atoms with Gasteiger partial charge in [-0.1, -0.05) is 39.8 Å². The van der Waals surface area contributed by atoms with E-state index >= 15 is 0 Å². The Balaban J connectivity index is 2.92. The maximum Gasteiger partial charge on any atom is 0.123 e. The van der Waals surface area contributed by atoms with E-state index in [-0.39, 0.29) is 6.04 Å². The van der Waals surface area contributed by atoms with E-state index in [1.54, 1.807) is 7.11 Å². The fraction of sp³-hybridized carbons (Fsp3) is 0.625. The molecule has 0 heterocycles. The molecule has 1 rings (SSSR count). The zero-order valence-corrected chi connectivity index (χ0v) is 12.4. The molecule has 0 spiro atoms. The summed E-state index contributed by atoms with van der Waals surface area (Å²) in [5.41, 5.74) is 8.78. The molecular formula is C16H27NO. The summed E-state index contributed by atoms with van der Waals surface area (Å²) < 4.78 is 5.43. The Kier molecular flexibility index (Phi) is 5.67. The van der Waals surface area contributed by atoms with E-state index in [1.165, 1.54) is 5.56 Å². The van der Waals surface area contributed by atoms with Gasteiger partial charge in [0.05, 0.1) is 7.11 Å². The zero-order valence-electron chi connectivity index (χ0n) is 12.4. The lowest BCUT2D eigenvalue weighted by Gasteiger charge is -2.19. The van der Waals surface area contributed by atoms with E-state index in [0.29, 0.717) is 11.8 Å². The van der Waals surface area contributed by atoms with E-state index in [4.69, 9.17) is 10.5 Å². The molecule has 102 valence electrons. The van der Waals surface area contributed by atoms with E-state index in [1.807, 2.05) is 6.07 Å². The standard InChI is InChI=1S/C16H27NO/c1-11(2)6-8-15(17)14-10-13(12(3)4)7-9-16(14)18-5/h7,9-12,15H,6,8,17H2,1-5H3/t15-/m1/s1. The second-order valence-electron chi connectivity index (χ2n) is 5.73. The molecule has 1 aromatic rings. The van der Waals surface area contributed by atoms with Gasteiger partial charge in [0.25, 0.3) is 0 Å². The van der Waals surface area contributed by atoms with Crippen molar-refractivity contribution < 1.29 is 4.74 Å². The Labute approximate surface area is 112 Å². The third-order valence-electron chi connectivity index (χ3n) is 3.37.